The molecule has 0 N–H and O–H groups in total. The van der Waals surface area contributed by atoms with Crippen LogP contribution in [0, 0.1) is 5.92 Å². The number of ether oxygens (including phenoxy) is 3. The van der Waals surface area contributed by atoms with Gasteiger partial charge in [-0.3, -0.25) is 9.59 Å². The average molecular weight is 829 g/mol. The monoisotopic (exact) mass is 829 g/mol. The van der Waals surface area contributed by atoms with Crippen molar-refractivity contribution < 1.29 is 23.8 Å². The normalized spacial score (nSPS) is 12.2. The molecule has 0 heterocycles. The number of hydrogen-bond acceptors (Lipinski definition) is 6. The number of nitrogens with zero attached hydrogens (tertiary/aromatic N) is 2. The van der Waals surface area contributed by atoms with Crippen LogP contribution in [0.3, 0.4) is 0 Å². The smallest absolute Gasteiger partial charge is 0.313 e. The Morgan fingerprint density at radius 1 is 0.542 bits per heavy atom. The molecule has 344 valence electrons. The van der Waals surface area contributed by atoms with Gasteiger partial charge in [-0.25, -0.2) is 0 Å². The van der Waals surface area contributed by atoms with Crippen molar-refractivity contribution in [2.75, 3.05) is 53.6 Å². The van der Waals surface area contributed by atoms with E-state index < -0.39 is 0 Å². The molecule has 0 radical (unpaired) electrons. The molecule has 1 atom stereocenters. The Balaban J connectivity index is 2.45. The molecule has 0 bridgehead atoms. The van der Waals surface area contributed by atoms with E-state index in [9.17, 15) is 9.59 Å². The summed E-state index contributed by atoms with van der Waals surface area (Å²) in [7, 11) is 4.18. The number of carbonyl (C=O) groups is 2. The average Bonchev–Trinajstić information content (AvgIpc) is 3.21. The molecule has 1 rings (SSSR count). The van der Waals surface area contributed by atoms with E-state index in [2.05, 4.69) is 75.9 Å². The zero-order valence-electron chi connectivity index (χ0n) is 40.0. The molecule has 1 unspecified atom stereocenters. The Labute approximate surface area is 365 Å². The second-order valence-electron chi connectivity index (χ2n) is 18.3. The number of benzene rings is 1. The van der Waals surface area contributed by atoms with Crippen molar-refractivity contribution in [1.29, 1.82) is 0 Å². The van der Waals surface area contributed by atoms with Gasteiger partial charge in [0.05, 0.1) is 12.5 Å². The topological polar surface area (TPSA) is 68.3 Å². The van der Waals surface area contributed by atoms with Crippen molar-refractivity contribution in [3.63, 3.8) is 0 Å². The lowest BCUT2D eigenvalue weighted by atomic mass is 9.97. The summed E-state index contributed by atoms with van der Waals surface area (Å²) < 4.78 is 18.3. The minimum Gasteiger partial charge on any atom is -0.465 e. The van der Waals surface area contributed by atoms with Gasteiger partial charge in [0, 0.05) is 32.7 Å². The van der Waals surface area contributed by atoms with Crippen LogP contribution in [0.1, 0.15) is 225 Å². The molecule has 0 aliphatic heterocycles. The van der Waals surface area contributed by atoms with E-state index in [1.54, 1.807) is 0 Å². The van der Waals surface area contributed by atoms with Crippen molar-refractivity contribution in [3.8, 4) is 0 Å². The Kier molecular flexibility index (Phi) is 36.3. The summed E-state index contributed by atoms with van der Waals surface area (Å²) in [6, 6.07) is 8.39. The summed E-state index contributed by atoms with van der Waals surface area (Å²) in [6.07, 6.45) is 32.5. The van der Waals surface area contributed by atoms with E-state index in [0.29, 0.717) is 18.9 Å². The number of hydrogen-bond donors (Lipinski definition) is 0. The molecule has 0 fully saturated rings. The highest BCUT2D eigenvalue weighted by Gasteiger charge is 2.18. The molecule has 59 heavy (non-hydrogen) atoms. The van der Waals surface area contributed by atoms with E-state index >= 15 is 0 Å². The first-order valence-corrected chi connectivity index (χ1v) is 25.1. The number of rotatable bonds is 42. The number of esters is 1. The van der Waals surface area contributed by atoms with Gasteiger partial charge in [0.25, 0.3) is 0 Å². The van der Waals surface area contributed by atoms with Crippen LogP contribution in [-0.4, -0.2) is 81.5 Å². The van der Waals surface area contributed by atoms with Gasteiger partial charge in [-0.1, -0.05) is 161 Å². The van der Waals surface area contributed by atoms with Crippen LogP contribution in [0.2, 0.25) is 0 Å². The Morgan fingerprint density at radius 2 is 1.02 bits per heavy atom. The highest BCUT2D eigenvalue weighted by atomic mass is 16.7. The quantitative estimate of drug-likeness (QED) is 0.0371. The van der Waals surface area contributed by atoms with Crippen LogP contribution in [0.5, 0.6) is 0 Å². The van der Waals surface area contributed by atoms with Crippen LogP contribution in [-0.2, 0) is 30.2 Å². The largest absolute Gasteiger partial charge is 0.465 e. The molecule has 0 aliphatic rings. The van der Waals surface area contributed by atoms with E-state index in [0.717, 1.165) is 109 Å². The summed E-state index contributed by atoms with van der Waals surface area (Å²) in [5, 5.41) is 0. The summed E-state index contributed by atoms with van der Waals surface area (Å²) in [4.78, 5) is 30.5. The molecular weight excluding hydrogens is 733 g/mol. The second-order valence-corrected chi connectivity index (χ2v) is 18.3. The van der Waals surface area contributed by atoms with E-state index in [1.165, 1.54) is 108 Å². The Morgan fingerprint density at radius 3 is 1.53 bits per heavy atom. The van der Waals surface area contributed by atoms with Gasteiger partial charge >= 0.3 is 5.97 Å². The van der Waals surface area contributed by atoms with Crippen molar-refractivity contribution in [2.45, 2.75) is 227 Å². The molecular formula is C52H96N2O5. The van der Waals surface area contributed by atoms with Gasteiger partial charge in [0.15, 0.2) is 6.29 Å². The fourth-order valence-corrected chi connectivity index (χ4v) is 7.76. The summed E-state index contributed by atoms with van der Waals surface area (Å²) in [5.74, 6) is 0.473. The van der Waals surface area contributed by atoms with Crippen molar-refractivity contribution in [1.82, 2.24) is 9.80 Å². The highest BCUT2D eigenvalue weighted by Crippen LogP contribution is 2.20. The maximum atomic E-state index is 13.5. The fraction of sp³-hybridized carbons (Fsp3) is 0.846. The molecule has 1 amide bonds. The van der Waals surface area contributed by atoms with Crippen molar-refractivity contribution in [3.05, 3.63) is 35.4 Å². The zero-order valence-corrected chi connectivity index (χ0v) is 40.0. The minimum atomic E-state index is -0.259. The first-order chi connectivity index (χ1) is 28.7. The number of carbonyl (C=O) groups excluding carboxylic acids is 2. The summed E-state index contributed by atoms with van der Waals surface area (Å²) in [6.45, 7) is 15.5. The standard InChI is InChI=1S/C52H96N2O5/c1-8-10-12-14-16-18-20-23-29-42-57-51(58-43-30-24-21-19-17-15-13-11-9-2)34-27-26-33-50(55)54(41-32-39-53(6)7)40-28-22-25-31-44-59-52(56)47(5)49-37-35-48(36-38-49)45-46(3)4/h35-38,46-47,51H,8-34,39-45H2,1-7H3. The maximum absolute atomic E-state index is 13.5. The van der Waals surface area contributed by atoms with E-state index in [1.807, 2.05) is 6.92 Å². The molecule has 0 spiro atoms. The van der Waals surface area contributed by atoms with Crippen LogP contribution in [0.15, 0.2) is 24.3 Å². The minimum absolute atomic E-state index is 0.152. The predicted octanol–water partition coefficient (Wildman–Crippen LogP) is 13.9. The van der Waals surface area contributed by atoms with E-state index in [-0.39, 0.29) is 24.1 Å². The molecule has 0 aliphatic carbocycles. The zero-order chi connectivity index (χ0) is 43.2. The lowest BCUT2D eigenvalue weighted by Gasteiger charge is -2.24. The van der Waals surface area contributed by atoms with Crippen LogP contribution < -0.4 is 0 Å². The molecule has 0 saturated heterocycles. The van der Waals surface area contributed by atoms with Gasteiger partial charge in [-0.15, -0.1) is 0 Å². The van der Waals surface area contributed by atoms with Crippen LogP contribution in [0.4, 0.5) is 0 Å². The summed E-state index contributed by atoms with van der Waals surface area (Å²) in [5.41, 5.74) is 2.32. The maximum Gasteiger partial charge on any atom is 0.313 e. The lowest BCUT2D eigenvalue weighted by molar-refractivity contribution is -0.148. The van der Waals surface area contributed by atoms with Gasteiger partial charge in [0.1, 0.15) is 0 Å². The number of amides is 1. The molecule has 0 aromatic heterocycles. The van der Waals surface area contributed by atoms with Crippen molar-refractivity contribution >= 4 is 11.9 Å². The third-order valence-corrected chi connectivity index (χ3v) is 11.6. The van der Waals surface area contributed by atoms with E-state index in [4.69, 9.17) is 14.2 Å². The van der Waals surface area contributed by atoms with Crippen LogP contribution >= 0.6 is 0 Å². The first kappa shape index (κ1) is 55.1. The molecule has 7 heteroatoms. The third-order valence-electron chi connectivity index (χ3n) is 11.6. The number of unbranched alkanes of at least 4 members (excludes halogenated alkanes) is 20. The fourth-order valence-electron chi connectivity index (χ4n) is 7.76. The molecule has 7 nitrogen and oxygen atoms in total. The predicted molar refractivity (Wildman–Crippen MR) is 251 cm³/mol. The van der Waals surface area contributed by atoms with Gasteiger partial charge in [0.2, 0.25) is 5.91 Å². The lowest BCUT2D eigenvalue weighted by Crippen LogP contribution is -2.34. The second kappa shape index (κ2) is 38.9. The summed E-state index contributed by atoms with van der Waals surface area (Å²) >= 11 is 0. The molecule has 0 saturated carbocycles. The van der Waals surface area contributed by atoms with Crippen molar-refractivity contribution in [2.24, 2.45) is 5.92 Å². The van der Waals surface area contributed by atoms with Crippen LogP contribution in [0.25, 0.3) is 0 Å². The van der Waals surface area contributed by atoms with Gasteiger partial charge in [-0.05, 0) is 109 Å². The molecule has 1 aromatic rings. The molecule has 1 aromatic carbocycles. The SMILES string of the molecule is CCCCCCCCCCCOC(CCCCC(=O)N(CCCCCCOC(=O)C(C)c1ccc(CC(C)C)cc1)CCCN(C)C)OCCCCCCCCCCC. The first-order valence-electron chi connectivity index (χ1n) is 25.1. The van der Waals surface area contributed by atoms with Gasteiger partial charge in [-0.2, -0.15) is 0 Å². The highest BCUT2D eigenvalue weighted by molar-refractivity contribution is 5.77. The Bertz CT molecular complexity index is 1070. The van der Waals surface area contributed by atoms with Gasteiger partial charge < -0.3 is 24.0 Å². The Hall–Kier alpha value is -1.96. The third kappa shape index (κ3) is 32.4.